The van der Waals surface area contributed by atoms with E-state index in [-0.39, 0.29) is 11.8 Å². The molecule has 2 N–H and O–H groups in total. The molecule has 0 unspecified atom stereocenters. The average molecular weight is 351 g/mol. The van der Waals surface area contributed by atoms with Gasteiger partial charge >= 0.3 is 0 Å². The molecule has 2 aromatic carbocycles. The van der Waals surface area contributed by atoms with Gasteiger partial charge in [0.1, 0.15) is 0 Å². The summed E-state index contributed by atoms with van der Waals surface area (Å²) in [5, 5.41) is 6.36. The summed E-state index contributed by atoms with van der Waals surface area (Å²) in [5.74, 6) is -0.457. The Kier molecular flexibility index (Phi) is 6.44. The number of nitrogens with one attached hydrogen (secondary N) is 2. The minimum Gasteiger partial charge on any atom is -0.352 e. The number of halogens is 2. The first-order chi connectivity index (χ1) is 11.1. The molecule has 0 atom stereocenters. The van der Waals surface area contributed by atoms with E-state index in [2.05, 4.69) is 10.6 Å². The number of carbonyl (C=O) groups excluding carboxylic acids is 2. The Balaban J connectivity index is 1.72. The van der Waals surface area contributed by atoms with Gasteiger partial charge in [0, 0.05) is 13.1 Å². The normalized spacial score (nSPS) is 10.2. The Morgan fingerprint density at radius 3 is 1.52 bits per heavy atom. The van der Waals surface area contributed by atoms with Crippen LogP contribution in [0.3, 0.4) is 0 Å². The molecule has 0 saturated heterocycles. The van der Waals surface area contributed by atoms with Crippen molar-refractivity contribution in [2.75, 3.05) is 13.1 Å². The van der Waals surface area contributed by atoms with Gasteiger partial charge in [-0.15, -0.1) is 0 Å². The van der Waals surface area contributed by atoms with E-state index in [9.17, 15) is 9.59 Å². The summed E-state index contributed by atoms with van der Waals surface area (Å²) >= 11 is 11.9. The van der Waals surface area contributed by atoms with E-state index in [0.29, 0.717) is 40.7 Å². The highest BCUT2D eigenvalue weighted by Gasteiger charge is 2.10. The molecule has 0 fully saturated rings. The zero-order chi connectivity index (χ0) is 16.7. The van der Waals surface area contributed by atoms with E-state index < -0.39 is 0 Å². The predicted octanol–water partition coefficient (Wildman–Crippen LogP) is 3.54. The van der Waals surface area contributed by atoms with Gasteiger partial charge in [-0.3, -0.25) is 9.59 Å². The lowest BCUT2D eigenvalue weighted by Gasteiger charge is -2.08. The van der Waals surface area contributed by atoms with Crippen LogP contribution >= 0.6 is 23.2 Å². The number of hydrogen-bond donors (Lipinski definition) is 2. The number of hydrogen-bond acceptors (Lipinski definition) is 2. The van der Waals surface area contributed by atoms with Crippen molar-refractivity contribution < 1.29 is 9.59 Å². The maximum Gasteiger partial charge on any atom is 0.252 e. The van der Waals surface area contributed by atoms with Gasteiger partial charge in [0.25, 0.3) is 11.8 Å². The van der Waals surface area contributed by atoms with Crippen LogP contribution in [0, 0.1) is 0 Å². The molecule has 0 aromatic heterocycles. The largest absolute Gasteiger partial charge is 0.352 e. The van der Waals surface area contributed by atoms with Crippen molar-refractivity contribution in [3.8, 4) is 0 Å². The van der Waals surface area contributed by atoms with Crippen LogP contribution in [0.15, 0.2) is 48.5 Å². The van der Waals surface area contributed by atoms with Crippen LogP contribution in [0.2, 0.25) is 10.0 Å². The van der Waals surface area contributed by atoms with Gasteiger partial charge < -0.3 is 10.6 Å². The van der Waals surface area contributed by atoms with Gasteiger partial charge in [-0.1, -0.05) is 47.5 Å². The molecule has 0 heterocycles. The van der Waals surface area contributed by atoms with E-state index in [1.165, 1.54) is 0 Å². The highest BCUT2D eigenvalue weighted by molar-refractivity contribution is 6.34. The SMILES string of the molecule is O=C(NCCCNC(=O)c1ccccc1Cl)c1ccccc1Cl. The zero-order valence-electron chi connectivity index (χ0n) is 12.3. The molecule has 23 heavy (non-hydrogen) atoms. The number of benzene rings is 2. The smallest absolute Gasteiger partial charge is 0.252 e. The number of carbonyl (C=O) groups is 2. The predicted molar refractivity (Wildman–Crippen MR) is 92.2 cm³/mol. The molecule has 0 saturated carbocycles. The minimum absolute atomic E-state index is 0.229. The van der Waals surface area contributed by atoms with Crippen molar-refractivity contribution in [1.29, 1.82) is 0 Å². The molecule has 0 aliphatic rings. The topological polar surface area (TPSA) is 58.2 Å². The van der Waals surface area contributed by atoms with E-state index in [1.54, 1.807) is 48.5 Å². The summed E-state index contributed by atoms with van der Waals surface area (Å²) in [5.41, 5.74) is 0.878. The quantitative estimate of drug-likeness (QED) is 0.782. The summed E-state index contributed by atoms with van der Waals surface area (Å²) in [6.45, 7) is 0.875. The fourth-order valence-corrected chi connectivity index (χ4v) is 2.42. The standard InChI is InChI=1S/C17H16Cl2N2O2/c18-14-8-3-1-6-12(14)16(22)20-10-5-11-21-17(23)13-7-2-4-9-15(13)19/h1-4,6-9H,5,10-11H2,(H,20,22)(H,21,23). The van der Waals surface area contributed by atoms with Gasteiger partial charge in [-0.2, -0.15) is 0 Å². The second kappa shape index (κ2) is 8.56. The van der Waals surface area contributed by atoms with Gasteiger partial charge in [0.15, 0.2) is 0 Å². The van der Waals surface area contributed by atoms with Crippen molar-refractivity contribution in [3.63, 3.8) is 0 Å². The molecule has 0 aliphatic heterocycles. The lowest BCUT2D eigenvalue weighted by Crippen LogP contribution is -2.30. The second-order valence-electron chi connectivity index (χ2n) is 4.83. The van der Waals surface area contributed by atoms with Crippen molar-refractivity contribution in [3.05, 3.63) is 69.7 Å². The molecule has 120 valence electrons. The maximum atomic E-state index is 11.9. The average Bonchev–Trinajstić information content (AvgIpc) is 2.55. The van der Waals surface area contributed by atoms with Gasteiger partial charge in [0.05, 0.1) is 21.2 Å². The van der Waals surface area contributed by atoms with E-state index in [0.717, 1.165) is 0 Å². The molecule has 0 radical (unpaired) electrons. The minimum atomic E-state index is -0.229. The van der Waals surface area contributed by atoms with Gasteiger partial charge in [0.2, 0.25) is 0 Å². The summed E-state index contributed by atoms with van der Waals surface area (Å²) < 4.78 is 0. The van der Waals surface area contributed by atoms with E-state index in [1.807, 2.05) is 0 Å². The third-order valence-electron chi connectivity index (χ3n) is 3.16. The third-order valence-corrected chi connectivity index (χ3v) is 3.82. The van der Waals surface area contributed by atoms with Crippen molar-refractivity contribution in [2.45, 2.75) is 6.42 Å². The van der Waals surface area contributed by atoms with Crippen LogP contribution in [0.25, 0.3) is 0 Å². The monoisotopic (exact) mass is 350 g/mol. The van der Waals surface area contributed by atoms with Gasteiger partial charge in [-0.25, -0.2) is 0 Å². The van der Waals surface area contributed by atoms with Crippen LogP contribution in [0.1, 0.15) is 27.1 Å². The Morgan fingerprint density at radius 1 is 0.739 bits per heavy atom. The summed E-state index contributed by atoms with van der Waals surface area (Å²) in [6.07, 6.45) is 0.604. The first-order valence-corrected chi connectivity index (χ1v) is 7.90. The Morgan fingerprint density at radius 2 is 1.13 bits per heavy atom. The van der Waals surface area contributed by atoms with Gasteiger partial charge in [-0.05, 0) is 30.7 Å². The maximum absolute atomic E-state index is 11.9. The molecule has 2 aromatic rings. The molecular formula is C17H16Cl2N2O2. The highest BCUT2D eigenvalue weighted by atomic mass is 35.5. The first kappa shape index (κ1) is 17.3. The van der Waals surface area contributed by atoms with Crippen LogP contribution < -0.4 is 10.6 Å². The highest BCUT2D eigenvalue weighted by Crippen LogP contribution is 2.15. The molecule has 0 aliphatic carbocycles. The lowest BCUT2D eigenvalue weighted by molar-refractivity contribution is 0.0952. The van der Waals surface area contributed by atoms with Crippen LogP contribution in [0.4, 0.5) is 0 Å². The van der Waals surface area contributed by atoms with E-state index in [4.69, 9.17) is 23.2 Å². The summed E-state index contributed by atoms with van der Waals surface area (Å²) in [4.78, 5) is 23.9. The number of rotatable bonds is 6. The molecule has 4 nitrogen and oxygen atoms in total. The molecule has 0 bridgehead atoms. The molecule has 0 spiro atoms. The van der Waals surface area contributed by atoms with E-state index >= 15 is 0 Å². The van der Waals surface area contributed by atoms with Crippen LogP contribution in [-0.2, 0) is 0 Å². The first-order valence-electron chi connectivity index (χ1n) is 7.15. The lowest BCUT2D eigenvalue weighted by atomic mass is 10.2. The molecule has 2 amide bonds. The Hall–Kier alpha value is -2.04. The summed E-state index contributed by atoms with van der Waals surface area (Å²) in [6, 6.07) is 13.7. The number of amides is 2. The Labute approximate surface area is 144 Å². The zero-order valence-corrected chi connectivity index (χ0v) is 13.8. The second-order valence-corrected chi connectivity index (χ2v) is 5.64. The fraction of sp³-hybridized carbons (Fsp3) is 0.176. The van der Waals surface area contributed by atoms with Crippen molar-refractivity contribution >= 4 is 35.0 Å². The third kappa shape index (κ3) is 4.98. The molecular weight excluding hydrogens is 335 g/mol. The van der Waals surface area contributed by atoms with Crippen molar-refractivity contribution in [2.24, 2.45) is 0 Å². The van der Waals surface area contributed by atoms with Crippen LogP contribution in [-0.4, -0.2) is 24.9 Å². The fourth-order valence-electron chi connectivity index (χ4n) is 1.97. The Bertz CT molecular complexity index is 645. The molecule has 6 heteroatoms. The van der Waals surface area contributed by atoms with Crippen molar-refractivity contribution in [1.82, 2.24) is 10.6 Å². The molecule has 2 rings (SSSR count). The van der Waals surface area contributed by atoms with Crippen LogP contribution in [0.5, 0.6) is 0 Å². The summed E-state index contributed by atoms with van der Waals surface area (Å²) in [7, 11) is 0.